The maximum absolute atomic E-state index is 11.1. The smallest absolute Gasteiger partial charge is 0.374 e. The highest BCUT2D eigenvalue weighted by Gasteiger charge is 2.30. The molecule has 1 saturated carbocycles. The molecular formula is C12H19N5O3. The largest absolute Gasteiger partial charge is 0.469 e. The van der Waals surface area contributed by atoms with Crippen LogP contribution in [0.2, 0.25) is 0 Å². The molecule has 110 valence electrons. The third-order valence-electron chi connectivity index (χ3n) is 3.73. The van der Waals surface area contributed by atoms with Gasteiger partial charge in [0.15, 0.2) is 0 Å². The predicted molar refractivity (Wildman–Crippen MR) is 73.2 cm³/mol. The van der Waals surface area contributed by atoms with E-state index in [0.717, 1.165) is 25.7 Å². The second kappa shape index (κ2) is 6.47. The van der Waals surface area contributed by atoms with Crippen molar-refractivity contribution in [2.45, 2.75) is 45.1 Å². The zero-order valence-electron chi connectivity index (χ0n) is 11.4. The van der Waals surface area contributed by atoms with Crippen LogP contribution in [0, 0.1) is 16.0 Å². The van der Waals surface area contributed by atoms with Crippen LogP contribution in [-0.2, 0) is 0 Å². The Bertz CT molecular complexity index is 482. The van der Waals surface area contributed by atoms with E-state index in [1.807, 2.05) is 0 Å². The highest BCUT2D eigenvalue weighted by atomic mass is 16.6. The van der Waals surface area contributed by atoms with E-state index in [-0.39, 0.29) is 23.5 Å². The average Bonchev–Trinajstić information content (AvgIpc) is 2.47. The molecule has 0 aromatic carbocycles. The van der Waals surface area contributed by atoms with Crippen LogP contribution in [0.25, 0.3) is 0 Å². The van der Waals surface area contributed by atoms with Crippen molar-refractivity contribution < 1.29 is 9.66 Å². The molecule has 0 bridgehead atoms. The highest BCUT2D eigenvalue weighted by Crippen LogP contribution is 2.35. The summed E-state index contributed by atoms with van der Waals surface area (Å²) in [6.07, 6.45) is 6.40. The van der Waals surface area contributed by atoms with Gasteiger partial charge in [0.25, 0.3) is 5.88 Å². The molecule has 2 atom stereocenters. The molecule has 3 N–H and O–H groups in total. The second-order valence-corrected chi connectivity index (χ2v) is 4.89. The van der Waals surface area contributed by atoms with E-state index in [2.05, 4.69) is 22.3 Å². The number of nitrogens with two attached hydrogens (primary N) is 1. The first-order valence-electron chi connectivity index (χ1n) is 6.80. The molecule has 1 aliphatic rings. The van der Waals surface area contributed by atoms with E-state index in [4.69, 9.17) is 10.6 Å². The normalized spacial score (nSPS) is 22.3. The Morgan fingerprint density at radius 1 is 1.50 bits per heavy atom. The van der Waals surface area contributed by atoms with E-state index in [9.17, 15) is 10.1 Å². The van der Waals surface area contributed by atoms with Gasteiger partial charge >= 0.3 is 5.69 Å². The Labute approximate surface area is 116 Å². The SMILES string of the molecule is CCC1CCCCC1Oc1ncnc(NN)c1[N+](=O)[O-]. The Kier molecular flexibility index (Phi) is 4.67. The molecule has 8 heteroatoms. The Hall–Kier alpha value is -1.96. The van der Waals surface area contributed by atoms with E-state index >= 15 is 0 Å². The number of rotatable bonds is 5. The molecule has 8 nitrogen and oxygen atoms in total. The van der Waals surface area contributed by atoms with Gasteiger partial charge in [-0.2, -0.15) is 4.98 Å². The molecule has 0 amide bonds. The minimum Gasteiger partial charge on any atom is -0.469 e. The van der Waals surface area contributed by atoms with Crippen LogP contribution in [0.15, 0.2) is 6.33 Å². The first kappa shape index (κ1) is 14.4. The third kappa shape index (κ3) is 2.96. The van der Waals surface area contributed by atoms with Crippen LogP contribution in [-0.4, -0.2) is 21.0 Å². The molecule has 2 rings (SSSR count). The molecule has 1 aliphatic carbocycles. The minimum absolute atomic E-state index is 0.0108. The van der Waals surface area contributed by atoms with Gasteiger partial charge in [0.1, 0.15) is 12.4 Å². The number of nitrogen functional groups attached to an aromatic ring is 1. The second-order valence-electron chi connectivity index (χ2n) is 4.89. The van der Waals surface area contributed by atoms with Gasteiger partial charge in [-0.15, -0.1) is 0 Å². The fourth-order valence-corrected chi connectivity index (χ4v) is 2.66. The fourth-order valence-electron chi connectivity index (χ4n) is 2.66. The molecule has 0 saturated heterocycles. The summed E-state index contributed by atoms with van der Waals surface area (Å²) in [6.45, 7) is 2.10. The van der Waals surface area contributed by atoms with Crippen molar-refractivity contribution in [1.29, 1.82) is 0 Å². The third-order valence-corrected chi connectivity index (χ3v) is 3.73. The lowest BCUT2D eigenvalue weighted by molar-refractivity contribution is -0.385. The van der Waals surface area contributed by atoms with Crippen LogP contribution in [0.1, 0.15) is 39.0 Å². The number of anilines is 1. The number of hydrazine groups is 1. The Morgan fingerprint density at radius 2 is 2.25 bits per heavy atom. The Morgan fingerprint density at radius 3 is 2.90 bits per heavy atom. The van der Waals surface area contributed by atoms with Crippen LogP contribution in [0.5, 0.6) is 5.88 Å². The lowest BCUT2D eigenvalue weighted by atomic mass is 9.85. The van der Waals surface area contributed by atoms with E-state index in [1.54, 1.807) is 0 Å². The van der Waals surface area contributed by atoms with Crippen molar-refractivity contribution in [2.24, 2.45) is 11.8 Å². The van der Waals surface area contributed by atoms with Gasteiger partial charge in [0, 0.05) is 0 Å². The average molecular weight is 281 g/mol. The van der Waals surface area contributed by atoms with Gasteiger partial charge in [0.2, 0.25) is 5.82 Å². The van der Waals surface area contributed by atoms with Crippen molar-refractivity contribution in [3.8, 4) is 5.88 Å². The van der Waals surface area contributed by atoms with Gasteiger partial charge in [-0.05, 0) is 31.6 Å². The molecule has 1 fully saturated rings. The zero-order chi connectivity index (χ0) is 14.5. The summed E-state index contributed by atoms with van der Waals surface area (Å²) in [5.74, 6) is 5.60. The van der Waals surface area contributed by atoms with E-state index in [0.29, 0.717) is 5.92 Å². The van der Waals surface area contributed by atoms with E-state index in [1.165, 1.54) is 12.7 Å². The van der Waals surface area contributed by atoms with Crippen LogP contribution in [0.3, 0.4) is 0 Å². The molecule has 2 unspecified atom stereocenters. The summed E-state index contributed by atoms with van der Waals surface area (Å²) in [5.41, 5.74) is 1.90. The summed E-state index contributed by atoms with van der Waals surface area (Å²) in [4.78, 5) is 18.2. The van der Waals surface area contributed by atoms with Crippen molar-refractivity contribution in [3.05, 3.63) is 16.4 Å². The molecule has 0 spiro atoms. The molecule has 1 aromatic rings. The monoisotopic (exact) mass is 281 g/mol. The standard InChI is InChI=1S/C12H19N5O3/c1-2-8-5-3-4-6-9(8)20-12-10(17(18)19)11(16-13)14-7-15-12/h7-9H,2-6,13H2,1H3,(H,14,15,16). The number of ether oxygens (including phenoxy) is 1. The molecular weight excluding hydrogens is 262 g/mol. The van der Waals surface area contributed by atoms with Crippen LogP contribution < -0.4 is 16.0 Å². The topological polar surface area (TPSA) is 116 Å². The van der Waals surface area contributed by atoms with E-state index < -0.39 is 4.92 Å². The van der Waals surface area contributed by atoms with Crippen molar-refractivity contribution in [3.63, 3.8) is 0 Å². The lowest BCUT2D eigenvalue weighted by Crippen LogP contribution is -2.30. The van der Waals surface area contributed by atoms with Gasteiger partial charge in [0.05, 0.1) is 4.92 Å². The van der Waals surface area contributed by atoms with Crippen molar-refractivity contribution in [2.75, 3.05) is 5.43 Å². The number of nitro groups is 1. The molecule has 1 heterocycles. The first-order valence-corrected chi connectivity index (χ1v) is 6.80. The van der Waals surface area contributed by atoms with Crippen molar-refractivity contribution >= 4 is 11.5 Å². The predicted octanol–water partition coefficient (Wildman–Crippen LogP) is 2.02. The number of hydrogen-bond acceptors (Lipinski definition) is 7. The minimum atomic E-state index is -0.575. The van der Waals surface area contributed by atoms with Gasteiger partial charge in [-0.25, -0.2) is 10.8 Å². The van der Waals surface area contributed by atoms with Gasteiger partial charge < -0.3 is 10.2 Å². The summed E-state index contributed by atoms with van der Waals surface area (Å²) in [6, 6.07) is 0. The van der Waals surface area contributed by atoms with Crippen molar-refractivity contribution in [1.82, 2.24) is 9.97 Å². The molecule has 1 aromatic heterocycles. The number of aromatic nitrogens is 2. The lowest BCUT2D eigenvalue weighted by Gasteiger charge is -2.30. The molecule has 0 aliphatic heterocycles. The summed E-state index contributed by atoms with van der Waals surface area (Å²) in [7, 11) is 0. The number of nitrogens with one attached hydrogen (secondary N) is 1. The van der Waals surface area contributed by atoms with Crippen LogP contribution >= 0.6 is 0 Å². The quantitative estimate of drug-likeness (QED) is 0.481. The number of nitrogens with zero attached hydrogens (tertiary/aromatic N) is 3. The first-order chi connectivity index (χ1) is 9.67. The highest BCUT2D eigenvalue weighted by molar-refractivity contribution is 5.60. The van der Waals surface area contributed by atoms with Gasteiger partial charge in [-0.3, -0.25) is 10.1 Å². The Balaban J connectivity index is 2.26. The summed E-state index contributed by atoms with van der Waals surface area (Å²) in [5, 5.41) is 11.1. The maximum atomic E-state index is 11.1. The zero-order valence-corrected chi connectivity index (χ0v) is 11.4. The van der Waals surface area contributed by atoms with Crippen LogP contribution in [0.4, 0.5) is 11.5 Å². The molecule has 20 heavy (non-hydrogen) atoms. The number of hydrogen-bond donors (Lipinski definition) is 2. The van der Waals surface area contributed by atoms with Gasteiger partial charge in [-0.1, -0.05) is 13.3 Å². The maximum Gasteiger partial charge on any atom is 0.374 e. The summed E-state index contributed by atoms with van der Waals surface area (Å²) < 4.78 is 5.81. The fraction of sp³-hybridized carbons (Fsp3) is 0.667. The molecule has 0 radical (unpaired) electrons. The summed E-state index contributed by atoms with van der Waals surface area (Å²) >= 11 is 0.